The minimum absolute atomic E-state index is 0.162. The molecule has 0 aliphatic heterocycles. The second kappa shape index (κ2) is 22.2. The fourth-order valence-electron chi connectivity index (χ4n) is 7.56. The van der Waals surface area contributed by atoms with Crippen LogP contribution in [0.4, 0.5) is 20.2 Å². The van der Waals surface area contributed by atoms with Crippen LogP contribution in [0.1, 0.15) is 25.2 Å². The Morgan fingerprint density at radius 1 is 0.568 bits per heavy atom. The number of amides is 2. The average Bonchev–Trinajstić information content (AvgIpc) is 3.36. The summed E-state index contributed by atoms with van der Waals surface area (Å²) < 4.78 is 86.1. The Kier molecular flexibility index (Phi) is 16.2. The lowest BCUT2D eigenvalue weighted by Gasteiger charge is -2.14. The molecule has 0 unspecified atom stereocenters. The number of nitrogens with one attached hydrogen (secondary N) is 4. The molecule has 384 valence electrons. The number of aromatic nitrogens is 6. The SMILES string of the molecule is CNC(=O)[C@@H](C)Cn1cnc2ccc(-c3cnc(C)c(NS(=O)(=O)c4ccc(F)cc4Cl)c3)cc2c1=O.CNC(=O)[C@H](C)Cn1cnc2ccc(-c3cnc(C)c(NS(=O)(=O)c4ccc(F)cc4Cl)c3)cc2c1=O. The summed E-state index contributed by atoms with van der Waals surface area (Å²) >= 11 is 11.9. The Hall–Kier alpha value is -7.66. The molecule has 0 saturated carbocycles. The largest absolute Gasteiger partial charge is 0.359 e. The van der Waals surface area contributed by atoms with E-state index in [0.29, 0.717) is 55.4 Å². The van der Waals surface area contributed by atoms with E-state index in [4.69, 9.17) is 23.2 Å². The van der Waals surface area contributed by atoms with Crippen molar-refractivity contribution < 1.29 is 35.2 Å². The predicted molar refractivity (Wildman–Crippen MR) is 279 cm³/mol. The Morgan fingerprint density at radius 2 is 0.946 bits per heavy atom. The third-order valence-electron chi connectivity index (χ3n) is 11.7. The van der Waals surface area contributed by atoms with Crippen molar-refractivity contribution in [2.45, 2.75) is 50.6 Å². The van der Waals surface area contributed by atoms with E-state index in [1.54, 1.807) is 88.6 Å². The molecule has 4 aromatic carbocycles. The number of fused-ring (bicyclic) bond motifs is 2. The molecule has 18 nitrogen and oxygen atoms in total. The number of halogens is 4. The molecule has 8 aromatic rings. The number of carbonyl (C=O) groups excluding carboxylic acids is 2. The quantitative estimate of drug-likeness (QED) is 0.0828. The minimum Gasteiger partial charge on any atom is -0.359 e. The van der Waals surface area contributed by atoms with E-state index in [-0.39, 0.29) is 67.2 Å². The number of pyridine rings is 2. The first-order valence-electron chi connectivity index (χ1n) is 22.3. The highest BCUT2D eigenvalue weighted by Crippen LogP contribution is 2.31. The summed E-state index contributed by atoms with van der Waals surface area (Å²) in [7, 11) is -5.20. The van der Waals surface area contributed by atoms with E-state index in [1.807, 2.05) is 0 Å². The zero-order chi connectivity index (χ0) is 53.8. The lowest BCUT2D eigenvalue weighted by atomic mass is 10.0. The molecule has 74 heavy (non-hydrogen) atoms. The molecule has 4 N–H and O–H groups in total. The van der Waals surface area contributed by atoms with Gasteiger partial charge in [0.2, 0.25) is 11.8 Å². The van der Waals surface area contributed by atoms with Gasteiger partial charge in [-0.25, -0.2) is 35.6 Å². The zero-order valence-corrected chi connectivity index (χ0v) is 43.4. The Labute approximate surface area is 433 Å². The van der Waals surface area contributed by atoms with E-state index < -0.39 is 43.5 Å². The second-order valence-corrected chi connectivity index (χ2v) is 21.1. The molecule has 0 aliphatic rings. The van der Waals surface area contributed by atoms with Crippen molar-refractivity contribution in [3.8, 4) is 22.3 Å². The third kappa shape index (κ3) is 12.1. The molecule has 8 rings (SSSR count). The summed E-state index contributed by atoms with van der Waals surface area (Å²) in [5, 5.41) is 5.29. The van der Waals surface area contributed by atoms with Crippen molar-refractivity contribution in [2.24, 2.45) is 11.8 Å². The number of anilines is 2. The molecule has 2 atom stereocenters. The topological polar surface area (TPSA) is 246 Å². The molecule has 4 aromatic heterocycles. The van der Waals surface area contributed by atoms with Gasteiger partial charge in [-0.05, 0) is 97.8 Å². The third-order valence-corrected chi connectivity index (χ3v) is 15.4. The lowest BCUT2D eigenvalue weighted by Crippen LogP contribution is -2.32. The fraction of sp³-hybridized carbons (Fsp3) is 0.200. The standard InChI is InChI=1S/2C25H23ClFN5O4S/c2*1-14(24(33)28-3)12-32-13-30-21-6-4-16(8-19(21)25(32)34)17-9-22(15(2)29-11-17)31-37(35,36)23-7-5-18(27)10-20(23)26/h2*4-11,13-14,31H,12H2,1-3H3,(H,28,33)/t2*14-/m10/s1. The van der Waals surface area contributed by atoms with Crippen LogP contribution < -0.4 is 31.2 Å². The van der Waals surface area contributed by atoms with E-state index in [2.05, 4.69) is 40.0 Å². The summed E-state index contributed by atoms with van der Waals surface area (Å²) in [4.78, 5) is 66.7. The van der Waals surface area contributed by atoms with E-state index in [1.165, 1.54) is 35.9 Å². The summed E-state index contributed by atoms with van der Waals surface area (Å²) in [6, 6.07) is 19.3. The Balaban J connectivity index is 0.000000216. The molecule has 4 heterocycles. The molecule has 24 heteroatoms. The van der Waals surface area contributed by atoms with Crippen molar-refractivity contribution in [3.63, 3.8) is 0 Å². The molecule has 0 spiro atoms. The first-order chi connectivity index (χ1) is 35.0. The number of hydrogen-bond acceptors (Lipinski definition) is 12. The highest BCUT2D eigenvalue weighted by atomic mass is 35.5. The number of rotatable bonds is 14. The van der Waals surface area contributed by atoms with Crippen LogP contribution in [0.3, 0.4) is 0 Å². The van der Waals surface area contributed by atoms with Crippen LogP contribution in [0.2, 0.25) is 10.0 Å². The van der Waals surface area contributed by atoms with Gasteiger partial charge in [0.15, 0.2) is 0 Å². The van der Waals surface area contributed by atoms with E-state index in [9.17, 15) is 44.8 Å². The fourth-order valence-corrected chi connectivity index (χ4v) is 10.8. The monoisotopic (exact) mass is 1090 g/mol. The molecule has 0 bridgehead atoms. The van der Waals surface area contributed by atoms with Crippen LogP contribution in [0, 0.1) is 37.3 Å². The lowest BCUT2D eigenvalue weighted by molar-refractivity contribution is -0.125. The van der Waals surface area contributed by atoms with Crippen LogP contribution in [-0.2, 0) is 42.7 Å². The molecule has 2 amide bonds. The number of benzene rings is 4. The van der Waals surface area contributed by atoms with Gasteiger partial charge < -0.3 is 10.6 Å². The molecule has 0 radical (unpaired) electrons. The maximum Gasteiger partial charge on any atom is 0.263 e. The molecule has 0 saturated heterocycles. The van der Waals surface area contributed by atoms with Crippen molar-refractivity contribution in [2.75, 3.05) is 23.5 Å². The van der Waals surface area contributed by atoms with E-state index in [0.717, 1.165) is 36.4 Å². The van der Waals surface area contributed by atoms with Crippen LogP contribution in [0.15, 0.2) is 129 Å². The van der Waals surface area contributed by atoms with Gasteiger partial charge in [-0.1, -0.05) is 49.2 Å². The van der Waals surface area contributed by atoms with Crippen molar-refractivity contribution >= 4 is 88.2 Å². The van der Waals surface area contributed by atoms with Gasteiger partial charge in [0.1, 0.15) is 21.4 Å². The predicted octanol–water partition coefficient (Wildman–Crippen LogP) is 7.48. The van der Waals surface area contributed by atoms with Crippen molar-refractivity contribution in [1.82, 2.24) is 39.7 Å². The number of nitrogens with zero attached hydrogens (tertiary/aromatic N) is 6. The van der Waals surface area contributed by atoms with Gasteiger partial charge in [-0.3, -0.25) is 47.7 Å². The van der Waals surface area contributed by atoms with Gasteiger partial charge >= 0.3 is 0 Å². The maximum atomic E-state index is 13.4. The number of carbonyl (C=O) groups is 2. The first-order valence-corrected chi connectivity index (χ1v) is 26.0. The smallest absolute Gasteiger partial charge is 0.263 e. The van der Waals surface area contributed by atoms with Crippen molar-refractivity contribution in [3.05, 3.63) is 164 Å². The van der Waals surface area contributed by atoms with Crippen LogP contribution in [0.25, 0.3) is 44.1 Å². The number of sulfonamides is 2. The minimum atomic E-state index is -4.13. The summed E-state index contributed by atoms with van der Waals surface area (Å²) in [6.45, 7) is 7.01. The normalized spacial score (nSPS) is 12.4. The van der Waals surface area contributed by atoms with Crippen LogP contribution >= 0.6 is 23.2 Å². The molecular formula is C50H46Cl2F2N10O8S2. The Bertz CT molecular complexity index is 3630. The highest BCUT2D eigenvalue weighted by Gasteiger charge is 2.23. The summed E-state index contributed by atoms with van der Waals surface area (Å²) in [6.07, 6.45) is 5.93. The molecule has 0 fully saturated rings. The molecular weight excluding hydrogens is 1040 g/mol. The van der Waals surface area contributed by atoms with Gasteiger partial charge in [0, 0.05) is 50.7 Å². The second-order valence-electron chi connectivity index (χ2n) is 17.0. The van der Waals surface area contributed by atoms with Gasteiger partial charge in [-0.15, -0.1) is 0 Å². The molecule has 0 aliphatic carbocycles. The highest BCUT2D eigenvalue weighted by molar-refractivity contribution is 7.93. The van der Waals surface area contributed by atoms with Gasteiger partial charge in [0.25, 0.3) is 31.2 Å². The summed E-state index contributed by atoms with van der Waals surface area (Å²) in [5.41, 5.74) is 3.83. The van der Waals surface area contributed by atoms with Crippen LogP contribution in [0.5, 0.6) is 0 Å². The summed E-state index contributed by atoms with van der Waals surface area (Å²) in [5.74, 6) is -2.56. The first kappa shape index (κ1) is 54.1. The zero-order valence-electron chi connectivity index (χ0n) is 40.2. The number of aryl methyl sites for hydroxylation is 2. The van der Waals surface area contributed by atoms with Gasteiger partial charge in [0.05, 0.1) is 79.1 Å². The van der Waals surface area contributed by atoms with Crippen LogP contribution in [-0.4, -0.2) is 71.8 Å². The number of hydrogen-bond donors (Lipinski definition) is 4. The average molecular weight is 1090 g/mol. The Morgan fingerprint density at radius 3 is 1.30 bits per heavy atom. The van der Waals surface area contributed by atoms with E-state index >= 15 is 0 Å². The van der Waals surface area contributed by atoms with Gasteiger partial charge in [-0.2, -0.15) is 0 Å². The van der Waals surface area contributed by atoms with Crippen molar-refractivity contribution in [1.29, 1.82) is 0 Å². The maximum absolute atomic E-state index is 13.4.